The lowest BCUT2D eigenvalue weighted by atomic mass is 9.81. The Kier molecular flexibility index (Phi) is 4.66. The monoisotopic (exact) mass is 261 g/mol. The van der Waals surface area contributed by atoms with E-state index in [9.17, 15) is 4.79 Å². The topological polar surface area (TPSA) is 53.2 Å². The van der Waals surface area contributed by atoms with E-state index in [1.165, 1.54) is 25.7 Å². The molecule has 0 aliphatic heterocycles. The highest BCUT2D eigenvalue weighted by Gasteiger charge is 2.19. The number of hydrogen-bond donors (Lipinski definition) is 3. The predicted molar refractivity (Wildman–Crippen MR) is 79.6 cm³/mol. The van der Waals surface area contributed by atoms with Crippen LogP contribution in [0.4, 0.5) is 16.2 Å². The van der Waals surface area contributed by atoms with Crippen molar-refractivity contribution in [3.63, 3.8) is 0 Å². The third-order valence-corrected chi connectivity index (χ3v) is 3.69. The molecule has 4 heteroatoms. The fraction of sp³-hybridized carbons (Fsp3) is 0.533. The molecular weight excluding hydrogens is 238 g/mol. The molecule has 19 heavy (non-hydrogen) atoms. The van der Waals surface area contributed by atoms with Crippen molar-refractivity contribution < 1.29 is 4.79 Å². The van der Waals surface area contributed by atoms with Crippen LogP contribution in [0.15, 0.2) is 24.3 Å². The molecule has 1 aliphatic rings. The van der Waals surface area contributed by atoms with Crippen molar-refractivity contribution in [3.8, 4) is 0 Å². The van der Waals surface area contributed by atoms with Gasteiger partial charge in [-0.1, -0.05) is 19.3 Å². The fourth-order valence-electron chi connectivity index (χ4n) is 2.42. The molecular formula is C15H23N3O. The van der Waals surface area contributed by atoms with Crippen LogP contribution in [0, 0.1) is 5.92 Å². The van der Waals surface area contributed by atoms with Crippen molar-refractivity contribution in [2.75, 3.05) is 17.7 Å². The van der Waals surface area contributed by atoms with Gasteiger partial charge in [-0.2, -0.15) is 0 Å². The zero-order valence-electron chi connectivity index (χ0n) is 11.7. The van der Waals surface area contributed by atoms with Gasteiger partial charge in [0.15, 0.2) is 0 Å². The molecule has 1 saturated carbocycles. The van der Waals surface area contributed by atoms with Gasteiger partial charge in [-0.25, -0.2) is 4.79 Å². The smallest absolute Gasteiger partial charge is 0.318 e. The van der Waals surface area contributed by atoms with E-state index in [4.69, 9.17) is 0 Å². The maximum Gasteiger partial charge on any atom is 0.318 e. The first-order valence-electron chi connectivity index (χ1n) is 7.02. The average molecular weight is 261 g/mol. The number of carbonyl (C=O) groups is 1. The molecule has 0 saturated heterocycles. The second kappa shape index (κ2) is 6.45. The van der Waals surface area contributed by atoms with Crippen molar-refractivity contribution in [2.24, 2.45) is 5.92 Å². The van der Waals surface area contributed by atoms with Crippen LogP contribution >= 0.6 is 0 Å². The molecule has 3 N–H and O–H groups in total. The number of benzene rings is 1. The Morgan fingerprint density at radius 1 is 1.26 bits per heavy atom. The summed E-state index contributed by atoms with van der Waals surface area (Å²) in [7, 11) is 1.60. The molecule has 1 aliphatic carbocycles. The first-order chi connectivity index (χ1) is 9.17. The molecule has 0 heterocycles. The molecule has 2 rings (SSSR count). The van der Waals surface area contributed by atoms with Crippen molar-refractivity contribution in [2.45, 2.75) is 38.6 Å². The summed E-state index contributed by atoms with van der Waals surface area (Å²) >= 11 is 0. The normalized spacial score (nSPS) is 16.3. The highest BCUT2D eigenvalue weighted by Crippen LogP contribution is 2.31. The summed E-state index contributed by atoms with van der Waals surface area (Å²) < 4.78 is 0. The first kappa shape index (κ1) is 13.7. The van der Waals surface area contributed by atoms with E-state index in [1.807, 2.05) is 24.3 Å². The lowest BCUT2D eigenvalue weighted by Crippen LogP contribution is -2.24. The van der Waals surface area contributed by atoms with Crippen LogP contribution in [-0.4, -0.2) is 19.1 Å². The van der Waals surface area contributed by atoms with Gasteiger partial charge in [0.2, 0.25) is 0 Å². The molecule has 0 aromatic heterocycles. The van der Waals surface area contributed by atoms with Gasteiger partial charge in [-0.15, -0.1) is 0 Å². The SMILES string of the molecule is CNC(=O)Nc1ccc(NC(C)CC2CCC2)cc1. The minimum absolute atomic E-state index is 0.195. The summed E-state index contributed by atoms with van der Waals surface area (Å²) in [6.45, 7) is 2.23. The fourth-order valence-corrected chi connectivity index (χ4v) is 2.42. The third-order valence-electron chi connectivity index (χ3n) is 3.69. The van der Waals surface area contributed by atoms with Crippen molar-refractivity contribution in [1.82, 2.24) is 5.32 Å². The predicted octanol–water partition coefficient (Wildman–Crippen LogP) is 3.43. The van der Waals surface area contributed by atoms with Crippen molar-refractivity contribution >= 4 is 17.4 Å². The Morgan fingerprint density at radius 2 is 1.89 bits per heavy atom. The molecule has 1 atom stereocenters. The molecule has 1 aromatic carbocycles. The van der Waals surface area contributed by atoms with Gasteiger partial charge in [-0.3, -0.25) is 0 Å². The molecule has 1 fully saturated rings. The number of hydrogen-bond acceptors (Lipinski definition) is 2. The second-order valence-corrected chi connectivity index (χ2v) is 5.36. The Balaban J connectivity index is 1.81. The largest absolute Gasteiger partial charge is 0.383 e. The van der Waals surface area contributed by atoms with E-state index < -0.39 is 0 Å². The minimum atomic E-state index is -0.195. The summed E-state index contributed by atoms with van der Waals surface area (Å²) in [5, 5.41) is 8.78. The van der Waals surface area contributed by atoms with E-state index in [0.29, 0.717) is 6.04 Å². The van der Waals surface area contributed by atoms with Gasteiger partial charge in [0, 0.05) is 24.5 Å². The standard InChI is InChI=1S/C15H23N3O/c1-11(10-12-4-3-5-12)17-13-6-8-14(9-7-13)18-15(19)16-2/h6-9,11-12,17H,3-5,10H2,1-2H3,(H2,16,18,19). The highest BCUT2D eigenvalue weighted by atomic mass is 16.2. The van der Waals surface area contributed by atoms with Crippen molar-refractivity contribution in [3.05, 3.63) is 24.3 Å². The van der Waals surface area contributed by atoms with E-state index in [1.54, 1.807) is 7.05 Å². The van der Waals surface area contributed by atoms with Crippen LogP contribution < -0.4 is 16.0 Å². The Bertz CT molecular complexity index is 412. The third kappa shape index (κ3) is 4.16. The molecule has 104 valence electrons. The zero-order chi connectivity index (χ0) is 13.7. The van der Waals surface area contributed by atoms with Crippen LogP contribution in [0.3, 0.4) is 0 Å². The van der Waals surface area contributed by atoms with Crippen LogP contribution in [0.25, 0.3) is 0 Å². The maximum atomic E-state index is 11.2. The highest BCUT2D eigenvalue weighted by molar-refractivity contribution is 5.89. The summed E-state index contributed by atoms with van der Waals surface area (Å²) in [6.07, 6.45) is 5.43. The molecule has 0 spiro atoms. The van der Waals surface area contributed by atoms with Crippen LogP contribution in [0.5, 0.6) is 0 Å². The maximum absolute atomic E-state index is 11.2. The van der Waals surface area contributed by atoms with E-state index in [2.05, 4.69) is 22.9 Å². The van der Waals surface area contributed by atoms with Crippen molar-refractivity contribution in [1.29, 1.82) is 0 Å². The van der Waals surface area contributed by atoms with Gasteiger partial charge in [0.05, 0.1) is 0 Å². The van der Waals surface area contributed by atoms with Gasteiger partial charge in [0.25, 0.3) is 0 Å². The Hall–Kier alpha value is -1.71. The molecule has 1 unspecified atom stereocenters. The van der Waals surface area contributed by atoms with Crippen LogP contribution in [0.2, 0.25) is 0 Å². The summed E-state index contributed by atoms with van der Waals surface area (Å²) in [6, 6.07) is 8.13. The molecule has 4 nitrogen and oxygen atoms in total. The van der Waals surface area contributed by atoms with Gasteiger partial charge >= 0.3 is 6.03 Å². The molecule has 2 amide bonds. The average Bonchev–Trinajstić information content (AvgIpc) is 2.36. The number of amides is 2. The van der Waals surface area contributed by atoms with E-state index in [0.717, 1.165) is 17.3 Å². The molecule has 0 bridgehead atoms. The molecule has 0 radical (unpaired) electrons. The Labute approximate surface area is 115 Å². The number of carbonyl (C=O) groups excluding carboxylic acids is 1. The lowest BCUT2D eigenvalue weighted by molar-refractivity contribution is 0.254. The van der Waals surface area contributed by atoms with Gasteiger partial charge < -0.3 is 16.0 Å². The van der Waals surface area contributed by atoms with Crippen LogP contribution in [0.1, 0.15) is 32.6 Å². The molecule has 1 aromatic rings. The van der Waals surface area contributed by atoms with E-state index in [-0.39, 0.29) is 6.03 Å². The number of nitrogens with one attached hydrogen (secondary N) is 3. The van der Waals surface area contributed by atoms with Gasteiger partial charge in [0.1, 0.15) is 0 Å². The summed E-state index contributed by atoms with van der Waals surface area (Å²) in [5.74, 6) is 0.914. The Morgan fingerprint density at radius 3 is 2.42 bits per heavy atom. The van der Waals surface area contributed by atoms with Crippen LogP contribution in [-0.2, 0) is 0 Å². The first-order valence-corrected chi connectivity index (χ1v) is 7.02. The number of rotatable bonds is 5. The van der Waals surface area contributed by atoms with E-state index >= 15 is 0 Å². The second-order valence-electron chi connectivity index (χ2n) is 5.36. The lowest BCUT2D eigenvalue weighted by Gasteiger charge is -2.28. The summed E-state index contributed by atoms with van der Waals surface area (Å²) in [5.41, 5.74) is 1.91. The number of anilines is 2. The van der Waals surface area contributed by atoms with Gasteiger partial charge in [-0.05, 0) is 43.5 Å². The quantitative estimate of drug-likeness (QED) is 0.760. The zero-order valence-corrected chi connectivity index (χ0v) is 11.7. The summed E-state index contributed by atoms with van der Waals surface area (Å²) in [4.78, 5) is 11.2. The minimum Gasteiger partial charge on any atom is -0.383 e. The number of urea groups is 1.